The largest absolute Gasteiger partial charge is 0.324 e. The molecule has 3 unspecified atom stereocenters. The standard InChI is InChI=1S/C14H21NOS/c1-9-8-17(16)12-6-5-10(14(2,3)4)7-11(12)13(9)15/h5-7,9,13H,8,15H2,1-4H3. The second-order valence-corrected chi connectivity index (χ2v) is 7.48. The van der Waals surface area contributed by atoms with Crippen LogP contribution in [0.15, 0.2) is 23.1 Å². The van der Waals surface area contributed by atoms with Gasteiger partial charge in [-0.25, -0.2) is 0 Å². The molecule has 0 spiro atoms. The first kappa shape index (κ1) is 12.8. The van der Waals surface area contributed by atoms with Gasteiger partial charge in [0.05, 0.1) is 10.8 Å². The lowest BCUT2D eigenvalue weighted by atomic mass is 9.84. The Labute approximate surface area is 106 Å². The predicted octanol–water partition coefficient (Wildman–Crippen LogP) is 2.74. The molecule has 0 saturated heterocycles. The summed E-state index contributed by atoms with van der Waals surface area (Å²) >= 11 is 0. The molecule has 0 bridgehead atoms. The summed E-state index contributed by atoms with van der Waals surface area (Å²) in [5.41, 5.74) is 8.68. The van der Waals surface area contributed by atoms with Crippen LogP contribution in [0.5, 0.6) is 0 Å². The van der Waals surface area contributed by atoms with E-state index in [1.165, 1.54) is 5.56 Å². The smallest absolute Gasteiger partial charge is 0.0536 e. The van der Waals surface area contributed by atoms with Gasteiger partial charge in [-0.15, -0.1) is 0 Å². The maximum atomic E-state index is 12.1. The quantitative estimate of drug-likeness (QED) is 0.770. The van der Waals surface area contributed by atoms with Gasteiger partial charge in [0, 0.05) is 16.7 Å². The average Bonchev–Trinajstić information content (AvgIpc) is 2.24. The third-order valence-corrected chi connectivity index (χ3v) is 5.20. The van der Waals surface area contributed by atoms with E-state index in [-0.39, 0.29) is 11.5 Å². The Balaban J connectivity index is 2.54. The molecule has 0 aromatic heterocycles. The van der Waals surface area contributed by atoms with Crippen molar-refractivity contribution in [3.63, 3.8) is 0 Å². The summed E-state index contributed by atoms with van der Waals surface area (Å²) in [6.45, 7) is 8.63. The van der Waals surface area contributed by atoms with Crippen molar-refractivity contribution in [1.29, 1.82) is 0 Å². The first-order chi connectivity index (χ1) is 7.80. The second kappa shape index (κ2) is 4.21. The highest BCUT2D eigenvalue weighted by Gasteiger charge is 2.29. The summed E-state index contributed by atoms with van der Waals surface area (Å²) in [6, 6.07) is 6.25. The van der Waals surface area contributed by atoms with Crippen LogP contribution in [0.4, 0.5) is 0 Å². The maximum absolute atomic E-state index is 12.1. The van der Waals surface area contributed by atoms with E-state index in [4.69, 9.17) is 5.73 Å². The molecular formula is C14H21NOS. The van der Waals surface area contributed by atoms with Gasteiger partial charge in [-0.2, -0.15) is 0 Å². The molecule has 94 valence electrons. The van der Waals surface area contributed by atoms with Crippen molar-refractivity contribution in [2.75, 3.05) is 5.75 Å². The zero-order chi connectivity index (χ0) is 12.8. The van der Waals surface area contributed by atoms with Gasteiger partial charge in [0.2, 0.25) is 0 Å². The van der Waals surface area contributed by atoms with E-state index in [1.807, 2.05) is 6.07 Å². The number of benzene rings is 1. The molecule has 17 heavy (non-hydrogen) atoms. The minimum absolute atomic E-state index is 0.0185. The summed E-state index contributed by atoms with van der Waals surface area (Å²) in [6.07, 6.45) is 0. The molecule has 1 aromatic rings. The summed E-state index contributed by atoms with van der Waals surface area (Å²) in [7, 11) is -0.881. The lowest BCUT2D eigenvalue weighted by Gasteiger charge is -2.30. The van der Waals surface area contributed by atoms with Crippen molar-refractivity contribution in [1.82, 2.24) is 0 Å². The summed E-state index contributed by atoms with van der Waals surface area (Å²) in [5.74, 6) is 0.974. The molecule has 0 fully saturated rings. The van der Waals surface area contributed by atoms with E-state index in [2.05, 4.69) is 39.8 Å². The van der Waals surface area contributed by atoms with E-state index < -0.39 is 10.8 Å². The van der Waals surface area contributed by atoms with Crippen molar-refractivity contribution >= 4 is 10.8 Å². The van der Waals surface area contributed by atoms with Crippen LogP contribution in [0.1, 0.15) is 44.9 Å². The average molecular weight is 251 g/mol. The van der Waals surface area contributed by atoms with Gasteiger partial charge in [0.1, 0.15) is 0 Å². The molecule has 0 radical (unpaired) electrons. The molecule has 1 aliphatic rings. The van der Waals surface area contributed by atoms with E-state index in [0.29, 0.717) is 11.7 Å². The SMILES string of the molecule is CC1CS(=O)c2ccc(C(C)(C)C)cc2C1N. The summed E-state index contributed by atoms with van der Waals surface area (Å²) < 4.78 is 12.1. The van der Waals surface area contributed by atoms with Gasteiger partial charge >= 0.3 is 0 Å². The predicted molar refractivity (Wildman–Crippen MR) is 72.5 cm³/mol. The van der Waals surface area contributed by atoms with Gasteiger partial charge in [-0.3, -0.25) is 4.21 Å². The fourth-order valence-corrected chi connectivity index (χ4v) is 3.76. The van der Waals surface area contributed by atoms with E-state index >= 15 is 0 Å². The third kappa shape index (κ3) is 2.31. The van der Waals surface area contributed by atoms with Crippen molar-refractivity contribution in [3.8, 4) is 0 Å². The van der Waals surface area contributed by atoms with E-state index in [0.717, 1.165) is 10.5 Å². The molecule has 2 nitrogen and oxygen atoms in total. The number of hydrogen-bond donors (Lipinski definition) is 1. The number of hydrogen-bond acceptors (Lipinski definition) is 2. The number of fused-ring (bicyclic) bond motifs is 1. The van der Waals surface area contributed by atoms with Gasteiger partial charge in [0.15, 0.2) is 0 Å². The minimum Gasteiger partial charge on any atom is -0.324 e. The van der Waals surface area contributed by atoms with Crippen molar-refractivity contribution in [2.45, 2.75) is 44.0 Å². The molecule has 0 saturated carbocycles. The van der Waals surface area contributed by atoms with Crippen LogP contribution in [0, 0.1) is 5.92 Å². The van der Waals surface area contributed by atoms with E-state index in [1.54, 1.807) is 0 Å². The molecular weight excluding hydrogens is 230 g/mol. The van der Waals surface area contributed by atoms with Crippen LogP contribution < -0.4 is 5.73 Å². The van der Waals surface area contributed by atoms with Crippen molar-refractivity contribution in [3.05, 3.63) is 29.3 Å². The molecule has 2 rings (SSSR count). The van der Waals surface area contributed by atoms with Gasteiger partial charge in [-0.05, 0) is 28.5 Å². The number of nitrogens with two attached hydrogens (primary N) is 1. The molecule has 1 heterocycles. The summed E-state index contributed by atoms with van der Waals surface area (Å²) in [5, 5.41) is 0. The maximum Gasteiger partial charge on any atom is 0.0536 e. The van der Waals surface area contributed by atoms with Crippen LogP contribution >= 0.6 is 0 Å². The van der Waals surface area contributed by atoms with Crippen LogP contribution in [-0.4, -0.2) is 9.96 Å². The van der Waals surface area contributed by atoms with Crippen LogP contribution in [0.25, 0.3) is 0 Å². The Bertz CT molecular complexity index is 462. The first-order valence-electron chi connectivity index (χ1n) is 6.09. The Hall–Kier alpha value is -0.670. The number of rotatable bonds is 0. The highest BCUT2D eigenvalue weighted by atomic mass is 32.2. The topological polar surface area (TPSA) is 43.1 Å². The zero-order valence-electron chi connectivity index (χ0n) is 11.0. The third-order valence-electron chi connectivity index (χ3n) is 3.51. The normalized spacial score (nSPS) is 28.9. The van der Waals surface area contributed by atoms with Crippen molar-refractivity contribution in [2.24, 2.45) is 11.7 Å². The lowest BCUT2D eigenvalue weighted by Crippen LogP contribution is -2.30. The Morgan fingerprint density at radius 1 is 1.35 bits per heavy atom. The summed E-state index contributed by atoms with van der Waals surface area (Å²) in [4.78, 5) is 0.934. The molecule has 2 N–H and O–H groups in total. The second-order valence-electron chi connectivity index (χ2n) is 6.02. The Morgan fingerprint density at radius 2 is 2.00 bits per heavy atom. The van der Waals surface area contributed by atoms with E-state index in [9.17, 15) is 4.21 Å². The van der Waals surface area contributed by atoms with Crippen LogP contribution in [0.3, 0.4) is 0 Å². The highest BCUT2D eigenvalue weighted by Crippen LogP contribution is 2.35. The zero-order valence-corrected chi connectivity index (χ0v) is 11.8. The van der Waals surface area contributed by atoms with Gasteiger partial charge in [0.25, 0.3) is 0 Å². The monoisotopic (exact) mass is 251 g/mol. The van der Waals surface area contributed by atoms with Crippen LogP contribution in [0.2, 0.25) is 0 Å². The molecule has 1 aromatic carbocycles. The molecule has 3 heteroatoms. The Morgan fingerprint density at radius 3 is 2.59 bits per heavy atom. The molecule has 3 atom stereocenters. The Kier molecular flexibility index (Phi) is 3.17. The van der Waals surface area contributed by atoms with Gasteiger partial charge < -0.3 is 5.73 Å². The fourth-order valence-electron chi connectivity index (χ4n) is 2.22. The fraction of sp³-hybridized carbons (Fsp3) is 0.571. The lowest BCUT2D eigenvalue weighted by molar-refractivity contribution is 0.493. The van der Waals surface area contributed by atoms with Crippen LogP contribution in [-0.2, 0) is 16.2 Å². The van der Waals surface area contributed by atoms with Crippen molar-refractivity contribution < 1.29 is 4.21 Å². The molecule has 1 aliphatic heterocycles. The first-order valence-corrected chi connectivity index (χ1v) is 7.41. The molecule has 0 aliphatic carbocycles. The minimum atomic E-state index is -0.881. The molecule has 0 amide bonds. The highest BCUT2D eigenvalue weighted by molar-refractivity contribution is 7.85. The van der Waals surface area contributed by atoms with Gasteiger partial charge in [-0.1, -0.05) is 39.8 Å².